The Morgan fingerprint density at radius 3 is 1.94 bits per heavy atom. The molecular weight excluding hydrogens is 408 g/mol. The number of aromatic hydroxyl groups is 1. The van der Waals surface area contributed by atoms with Crippen molar-refractivity contribution in [2.24, 2.45) is 5.10 Å². The molecule has 0 bridgehead atoms. The number of hydrogen-bond donors (Lipinski definition) is 2. The van der Waals surface area contributed by atoms with Gasteiger partial charge in [0.1, 0.15) is 5.75 Å². The Hall–Kier alpha value is -2.36. The molecule has 0 radical (unpaired) electrons. The van der Waals surface area contributed by atoms with Crippen LogP contribution in [0.25, 0.3) is 10.8 Å². The van der Waals surface area contributed by atoms with Crippen LogP contribution in [-0.4, -0.2) is 17.2 Å². The summed E-state index contributed by atoms with van der Waals surface area (Å²) in [4.78, 5) is 12.0. The number of amides is 1. The van der Waals surface area contributed by atoms with E-state index in [1.54, 1.807) is 6.07 Å². The summed E-state index contributed by atoms with van der Waals surface area (Å²) in [6.07, 6.45) is 21.8. The molecule has 4 nitrogen and oxygen atoms in total. The summed E-state index contributed by atoms with van der Waals surface area (Å²) in [5, 5.41) is 16.1. The first-order chi connectivity index (χ1) is 16.2. The minimum Gasteiger partial charge on any atom is -0.507 e. The van der Waals surface area contributed by atoms with Crippen LogP contribution in [0.3, 0.4) is 0 Å². The Morgan fingerprint density at radius 2 is 1.33 bits per heavy atom. The second-order valence-corrected chi connectivity index (χ2v) is 9.21. The number of carbonyl (C=O) groups is 1. The zero-order valence-corrected chi connectivity index (χ0v) is 20.7. The number of nitrogens with one attached hydrogen (secondary N) is 1. The first kappa shape index (κ1) is 26.9. The predicted molar refractivity (Wildman–Crippen MR) is 141 cm³/mol. The highest BCUT2D eigenvalue weighted by Crippen LogP contribution is 2.25. The van der Waals surface area contributed by atoms with Crippen LogP contribution in [0, 0.1) is 0 Å². The van der Waals surface area contributed by atoms with Crippen LogP contribution in [0.5, 0.6) is 5.75 Å². The highest BCUT2D eigenvalue weighted by molar-refractivity contribution is 6.02. The highest BCUT2D eigenvalue weighted by atomic mass is 16.3. The third kappa shape index (κ3) is 11.4. The summed E-state index contributed by atoms with van der Waals surface area (Å²) in [6, 6.07) is 11.3. The lowest BCUT2D eigenvalue weighted by atomic mass is 10.0. The monoisotopic (exact) mass is 452 g/mol. The van der Waals surface area contributed by atoms with Gasteiger partial charge in [-0.25, -0.2) is 5.43 Å². The van der Waals surface area contributed by atoms with Gasteiger partial charge in [-0.05, 0) is 23.3 Å². The van der Waals surface area contributed by atoms with E-state index in [9.17, 15) is 9.90 Å². The fourth-order valence-electron chi connectivity index (χ4n) is 4.30. The number of phenols is 1. The van der Waals surface area contributed by atoms with E-state index >= 15 is 0 Å². The molecule has 0 spiro atoms. The zero-order valence-electron chi connectivity index (χ0n) is 20.7. The average Bonchev–Trinajstić information content (AvgIpc) is 2.83. The van der Waals surface area contributed by atoms with Crippen LogP contribution < -0.4 is 5.43 Å². The molecule has 0 unspecified atom stereocenters. The third-order valence-corrected chi connectivity index (χ3v) is 6.34. The molecule has 0 saturated heterocycles. The number of unbranched alkanes of at least 4 members (excludes halogenated alkanes) is 14. The van der Waals surface area contributed by atoms with E-state index in [4.69, 9.17) is 0 Å². The van der Waals surface area contributed by atoms with Gasteiger partial charge in [-0.1, -0.05) is 127 Å². The minimum atomic E-state index is -0.0688. The van der Waals surface area contributed by atoms with Crippen molar-refractivity contribution < 1.29 is 9.90 Å². The van der Waals surface area contributed by atoms with E-state index in [0.717, 1.165) is 23.6 Å². The summed E-state index contributed by atoms with van der Waals surface area (Å²) >= 11 is 0. The van der Waals surface area contributed by atoms with E-state index in [2.05, 4.69) is 17.5 Å². The summed E-state index contributed by atoms with van der Waals surface area (Å²) < 4.78 is 0. The standard InChI is InChI=1S/C29H44N2O2/c1-2-3-4-5-6-7-8-9-10-11-12-13-14-15-16-21-29(33)31-30-24-27-26-20-18-17-19-25(26)22-23-28(27)32/h17-20,22-24,32H,2-16,21H2,1H3,(H,31,33)/b30-24+. The smallest absolute Gasteiger partial charge is 0.240 e. The van der Waals surface area contributed by atoms with E-state index < -0.39 is 0 Å². The number of fused-ring (bicyclic) bond motifs is 1. The number of phenolic OH excluding ortho intramolecular Hbond substituents is 1. The first-order valence-corrected chi connectivity index (χ1v) is 13.2. The van der Waals surface area contributed by atoms with Gasteiger partial charge in [0, 0.05) is 12.0 Å². The lowest BCUT2D eigenvalue weighted by Gasteiger charge is -2.05. The van der Waals surface area contributed by atoms with E-state index in [0.29, 0.717) is 12.0 Å². The van der Waals surface area contributed by atoms with Gasteiger partial charge in [-0.15, -0.1) is 0 Å². The summed E-state index contributed by atoms with van der Waals surface area (Å²) in [5.41, 5.74) is 3.22. The lowest BCUT2D eigenvalue weighted by molar-refractivity contribution is -0.121. The van der Waals surface area contributed by atoms with Gasteiger partial charge in [0.15, 0.2) is 0 Å². The maximum atomic E-state index is 12.0. The van der Waals surface area contributed by atoms with E-state index in [1.807, 2.05) is 30.3 Å². The molecule has 4 heteroatoms. The van der Waals surface area contributed by atoms with Crippen LogP contribution in [0.4, 0.5) is 0 Å². The molecule has 0 aromatic heterocycles. The number of carbonyl (C=O) groups excluding carboxylic acids is 1. The summed E-state index contributed by atoms with van der Waals surface area (Å²) in [5.74, 6) is 0.0924. The quantitative estimate of drug-likeness (QED) is 0.136. The van der Waals surface area contributed by atoms with Crippen LogP contribution >= 0.6 is 0 Å². The molecule has 0 aliphatic carbocycles. The average molecular weight is 453 g/mol. The fourth-order valence-corrected chi connectivity index (χ4v) is 4.30. The number of nitrogens with zero attached hydrogens (tertiary/aromatic N) is 1. The maximum Gasteiger partial charge on any atom is 0.240 e. The molecule has 33 heavy (non-hydrogen) atoms. The van der Waals surface area contributed by atoms with Crippen molar-refractivity contribution in [3.63, 3.8) is 0 Å². The molecule has 0 aliphatic heterocycles. The topological polar surface area (TPSA) is 61.7 Å². The minimum absolute atomic E-state index is 0.0688. The maximum absolute atomic E-state index is 12.0. The number of hydrazone groups is 1. The molecule has 1 amide bonds. The van der Waals surface area contributed by atoms with Crippen LogP contribution in [0.2, 0.25) is 0 Å². The largest absolute Gasteiger partial charge is 0.507 e. The molecule has 0 heterocycles. The molecular formula is C29H44N2O2. The van der Waals surface area contributed by atoms with E-state index in [1.165, 1.54) is 89.7 Å². The second-order valence-electron chi connectivity index (χ2n) is 9.21. The third-order valence-electron chi connectivity index (χ3n) is 6.34. The Labute approximate surface area is 200 Å². The SMILES string of the molecule is CCCCCCCCCCCCCCCCCC(=O)N/N=C/c1c(O)ccc2ccccc12. The number of benzene rings is 2. The van der Waals surface area contributed by atoms with Gasteiger partial charge in [0.25, 0.3) is 0 Å². The Kier molecular flexibility index (Phi) is 14.0. The van der Waals surface area contributed by atoms with Gasteiger partial charge < -0.3 is 5.11 Å². The predicted octanol–water partition coefficient (Wildman–Crippen LogP) is 8.26. The number of rotatable bonds is 18. The Morgan fingerprint density at radius 1 is 0.788 bits per heavy atom. The molecule has 0 atom stereocenters. The molecule has 0 saturated carbocycles. The molecule has 2 rings (SSSR count). The Balaban J connectivity index is 1.46. The van der Waals surface area contributed by atoms with Crippen molar-refractivity contribution in [2.75, 3.05) is 0 Å². The van der Waals surface area contributed by atoms with Gasteiger partial charge >= 0.3 is 0 Å². The molecule has 2 aromatic carbocycles. The van der Waals surface area contributed by atoms with Crippen molar-refractivity contribution >= 4 is 22.9 Å². The van der Waals surface area contributed by atoms with Gasteiger partial charge in [0.2, 0.25) is 5.91 Å². The van der Waals surface area contributed by atoms with Crippen molar-refractivity contribution in [1.29, 1.82) is 0 Å². The zero-order chi connectivity index (χ0) is 23.6. The van der Waals surface area contributed by atoms with Gasteiger partial charge in [0.05, 0.1) is 6.21 Å². The molecule has 2 N–H and O–H groups in total. The molecule has 2 aromatic rings. The van der Waals surface area contributed by atoms with Crippen LogP contribution in [0.15, 0.2) is 41.5 Å². The van der Waals surface area contributed by atoms with Gasteiger partial charge in [-0.3, -0.25) is 4.79 Å². The first-order valence-electron chi connectivity index (χ1n) is 13.2. The number of hydrogen-bond acceptors (Lipinski definition) is 3. The van der Waals surface area contributed by atoms with Crippen molar-refractivity contribution in [2.45, 2.75) is 110 Å². The highest BCUT2D eigenvalue weighted by Gasteiger charge is 2.05. The second kappa shape index (κ2) is 17.2. The molecule has 0 aliphatic rings. The lowest BCUT2D eigenvalue weighted by Crippen LogP contribution is -2.16. The van der Waals surface area contributed by atoms with Gasteiger partial charge in [-0.2, -0.15) is 5.10 Å². The van der Waals surface area contributed by atoms with Crippen LogP contribution in [0.1, 0.15) is 115 Å². The molecule has 182 valence electrons. The van der Waals surface area contributed by atoms with E-state index in [-0.39, 0.29) is 11.7 Å². The van der Waals surface area contributed by atoms with Crippen LogP contribution in [-0.2, 0) is 4.79 Å². The molecule has 0 fully saturated rings. The van der Waals surface area contributed by atoms with Crippen molar-refractivity contribution in [3.05, 3.63) is 42.0 Å². The Bertz CT molecular complexity index is 831. The summed E-state index contributed by atoms with van der Waals surface area (Å²) in [7, 11) is 0. The fraction of sp³-hybridized carbons (Fsp3) is 0.586. The summed E-state index contributed by atoms with van der Waals surface area (Å²) in [6.45, 7) is 2.27. The van der Waals surface area contributed by atoms with Crippen molar-refractivity contribution in [3.8, 4) is 5.75 Å². The normalized spacial score (nSPS) is 11.4. The van der Waals surface area contributed by atoms with Crippen molar-refractivity contribution in [1.82, 2.24) is 5.43 Å².